The van der Waals surface area contributed by atoms with Gasteiger partial charge in [0.1, 0.15) is 17.6 Å². The zero-order valence-electron chi connectivity index (χ0n) is 10.3. The molecular weight excluding hydrogens is 254 g/mol. The summed E-state index contributed by atoms with van der Waals surface area (Å²) in [5, 5.41) is 18.7. The fourth-order valence-corrected chi connectivity index (χ4v) is 2.07. The second kappa shape index (κ2) is 4.56. The van der Waals surface area contributed by atoms with Gasteiger partial charge in [0.2, 0.25) is 0 Å². The largest absolute Gasteiger partial charge is 0.508 e. The summed E-state index contributed by atoms with van der Waals surface area (Å²) in [5.74, 6) is 0.0416. The van der Waals surface area contributed by atoms with Crippen molar-refractivity contribution in [1.29, 1.82) is 5.26 Å². The molecule has 0 atom stereocenters. The number of phenols is 1. The Morgan fingerprint density at radius 2 is 2.00 bits per heavy atom. The second-order valence-corrected chi connectivity index (χ2v) is 4.35. The fraction of sp³-hybridized carbons (Fsp3) is 0. The van der Waals surface area contributed by atoms with E-state index >= 15 is 0 Å². The molecule has 1 N–H and O–H groups in total. The molecule has 1 heterocycles. The predicted octanol–water partition coefficient (Wildman–Crippen LogP) is 3.04. The summed E-state index contributed by atoms with van der Waals surface area (Å²) in [6.07, 6.45) is 1.35. The van der Waals surface area contributed by atoms with Crippen LogP contribution in [0.4, 0.5) is 0 Å². The van der Waals surface area contributed by atoms with E-state index in [4.69, 9.17) is 9.68 Å². The smallest absolute Gasteiger partial charge is 0.200 e. The molecule has 3 aromatic rings. The molecule has 1 aromatic heterocycles. The van der Waals surface area contributed by atoms with Crippen molar-refractivity contribution in [2.24, 2.45) is 0 Å². The van der Waals surface area contributed by atoms with Gasteiger partial charge in [0, 0.05) is 6.07 Å². The quantitative estimate of drug-likeness (QED) is 0.732. The van der Waals surface area contributed by atoms with Gasteiger partial charge in [-0.25, -0.2) is 0 Å². The molecule has 0 amide bonds. The molecular formula is C16H9NO3. The Labute approximate surface area is 114 Å². The minimum absolute atomic E-state index is 0.0416. The maximum atomic E-state index is 12.4. The molecule has 96 valence electrons. The highest BCUT2D eigenvalue weighted by Crippen LogP contribution is 2.22. The Kier molecular flexibility index (Phi) is 2.73. The molecule has 0 spiro atoms. The Morgan fingerprint density at radius 1 is 1.15 bits per heavy atom. The van der Waals surface area contributed by atoms with Crippen molar-refractivity contribution >= 4 is 11.0 Å². The highest BCUT2D eigenvalue weighted by molar-refractivity contribution is 5.82. The van der Waals surface area contributed by atoms with E-state index in [1.54, 1.807) is 24.3 Å². The third kappa shape index (κ3) is 1.91. The van der Waals surface area contributed by atoms with Crippen molar-refractivity contribution in [2.75, 3.05) is 0 Å². The summed E-state index contributed by atoms with van der Waals surface area (Å²) in [4.78, 5) is 12.4. The van der Waals surface area contributed by atoms with Gasteiger partial charge in [-0.3, -0.25) is 4.79 Å². The van der Waals surface area contributed by atoms with Crippen molar-refractivity contribution in [2.45, 2.75) is 0 Å². The summed E-state index contributed by atoms with van der Waals surface area (Å²) in [6, 6.07) is 13.2. The van der Waals surface area contributed by atoms with Gasteiger partial charge < -0.3 is 9.52 Å². The maximum absolute atomic E-state index is 12.4. The molecule has 0 radical (unpaired) electrons. The normalized spacial score (nSPS) is 10.3. The first-order valence-electron chi connectivity index (χ1n) is 5.94. The van der Waals surface area contributed by atoms with Crippen molar-refractivity contribution in [3.8, 4) is 22.9 Å². The molecule has 2 aromatic carbocycles. The van der Waals surface area contributed by atoms with Crippen LogP contribution >= 0.6 is 0 Å². The highest BCUT2D eigenvalue weighted by Gasteiger charge is 2.10. The monoisotopic (exact) mass is 263 g/mol. The van der Waals surface area contributed by atoms with Crippen molar-refractivity contribution in [1.82, 2.24) is 0 Å². The van der Waals surface area contributed by atoms with E-state index in [1.165, 1.54) is 24.5 Å². The number of fused-ring (bicyclic) bond motifs is 1. The third-order valence-electron chi connectivity index (χ3n) is 3.06. The lowest BCUT2D eigenvalue weighted by molar-refractivity contribution is 0.474. The molecule has 0 bridgehead atoms. The van der Waals surface area contributed by atoms with Crippen LogP contribution in [0.15, 0.2) is 57.9 Å². The molecule has 0 fully saturated rings. The van der Waals surface area contributed by atoms with Gasteiger partial charge in [0.25, 0.3) is 0 Å². The van der Waals surface area contributed by atoms with Crippen LogP contribution in [-0.2, 0) is 0 Å². The Morgan fingerprint density at radius 3 is 2.80 bits per heavy atom. The van der Waals surface area contributed by atoms with E-state index in [2.05, 4.69) is 0 Å². The predicted molar refractivity (Wildman–Crippen MR) is 74.3 cm³/mol. The van der Waals surface area contributed by atoms with Crippen molar-refractivity contribution < 1.29 is 9.52 Å². The van der Waals surface area contributed by atoms with Gasteiger partial charge in [-0.15, -0.1) is 0 Å². The lowest BCUT2D eigenvalue weighted by Crippen LogP contribution is -2.04. The molecule has 0 saturated heterocycles. The number of hydrogen-bond acceptors (Lipinski definition) is 4. The minimum atomic E-state index is -0.193. The Hall–Kier alpha value is -3.06. The first-order chi connectivity index (χ1) is 9.69. The topological polar surface area (TPSA) is 74.2 Å². The summed E-state index contributed by atoms with van der Waals surface area (Å²) < 4.78 is 5.39. The average molecular weight is 263 g/mol. The van der Waals surface area contributed by atoms with Crippen LogP contribution in [0.2, 0.25) is 0 Å². The summed E-state index contributed by atoms with van der Waals surface area (Å²) in [7, 11) is 0. The number of hydrogen-bond donors (Lipinski definition) is 1. The fourth-order valence-electron chi connectivity index (χ4n) is 2.07. The first-order valence-corrected chi connectivity index (χ1v) is 5.94. The van der Waals surface area contributed by atoms with Crippen molar-refractivity contribution in [3.63, 3.8) is 0 Å². The standard InChI is InChI=1S/C16H9NO3/c17-8-10-2-1-3-11(6-10)14-9-20-15-7-12(18)4-5-13(15)16(14)19/h1-7,9,18H. The van der Waals surface area contributed by atoms with E-state index in [9.17, 15) is 9.90 Å². The zero-order valence-corrected chi connectivity index (χ0v) is 10.3. The summed E-state index contributed by atoms with van der Waals surface area (Å²) in [6.45, 7) is 0. The van der Waals surface area contributed by atoms with Gasteiger partial charge in [-0.05, 0) is 29.8 Å². The molecule has 20 heavy (non-hydrogen) atoms. The Balaban J connectivity index is 2.27. The van der Waals surface area contributed by atoms with Crippen LogP contribution < -0.4 is 5.43 Å². The van der Waals surface area contributed by atoms with Gasteiger partial charge in [0.05, 0.1) is 22.6 Å². The lowest BCUT2D eigenvalue weighted by Gasteiger charge is -2.03. The van der Waals surface area contributed by atoms with E-state index in [0.717, 1.165) is 0 Å². The molecule has 0 aliphatic carbocycles. The number of rotatable bonds is 1. The van der Waals surface area contributed by atoms with Crippen LogP contribution in [-0.4, -0.2) is 5.11 Å². The second-order valence-electron chi connectivity index (χ2n) is 4.35. The lowest BCUT2D eigenvalue weighted by atomic mass is 10.0. The van der Waals surface area contributed by atoms with Gasteiger partial charge >= 0.3 is 0 Å². The van der Waals surface area contributed by atoms with E-state index in [-0.39, 0.29) is 11.2 Å². The highest BCUT2D eigenvalue weighted by atomic mass is 16.3. The average Bonchev–Trinajstić information content (AvgIpc) is 2.47. The Bertz CT molecular complexity index is 903. The molecule has 0 aliphatic heterocycles. The number of benzene rings is 2. The van der Waals surface area contributed by atoms with Crippen LogP contribution in [0.25, 0.3) is 22.1 Å². The molecule has 4 nitrogen and oxygen atoms in total. The molecule has 0 unspecified atom stereocenters. The summed E-state index contributed by atoms with van der Waals surface area (Å²) in [5.41, 5.74) is 1.64. The van der Waals surface area contributed by atoms with Gasteiger partial charge in [-0.2, -0.15) is 5.26 Å². The molecule has 0 saturated carbocycles. The number of nitriles is 1. The number of phenolic OH excluding ortho intramolecular Hbond substituents is 1. The van der Waals surface area contributed by atoms with Gasteiger partial charge in [0.15, 0.2) is 5.43 Å². The van der Waals surface area contributed by atoms with E-state index < -0.39 is 0 Å². The third-order valence-corrected chi connectivity index (χ3v) is 3.06. The van der Waals surface area contributed by atoms with E-state index in [1.807, 2.05) is 6.07 Å². The van der Waals surface area contributed by atoms with Crippen molar-refractivity contribution in [3.05, 3.63) is 64.5 Å². The molecule has 0 aliphatic rings. The first kappa shape index (κ1) is 12.0. The SMILES string of the molecule is N#Cc1cccc(-c2coc3cc(O)ccc3c2=O)c1. The summed E-state index contributed by atoms with van der Waals surface area (Å²) >= 11 is 0. The van der Waals surface area contributed by atoms with Crippen LogP contribution in [0.3, 0.4) is 0 Å². The number of aromatic hydroxyl groups is 1. The maximum Gasteiger partial charge on any atom is 0.200 e. The minimum Gasteiger partial charge on any atom is -0.508 e. The van der Waals surface area contributed by atoms with Crippen LogP contribution in [0.1, 0.15) is 5.56 Å². The zero-order chi connectivity index (χ0) is 14.1. The molecule has 4 heteroatoms. The van der Waals surface area contributed by atoms with Crippen LogP contribution in [0, 0.1) is 11.3 Å². The van der Waals surface area contributed by atoms with E-state index in [0.29, 0.717) is 27.7 Å². The molecule has 3 rings (SSSR count). The number of nitrogens with zero attached hydrogens (tertiary/aromatic N) is 1. The van der Waals surface area contributed by atoms with Crippen LogP contribution in [0.5, 0.6) is 5.75 Å². The van der Waals surface area contributed by atoms with Gasteiger partial charge in [-0.1, -0.05) is 12.1 Å².